The predicted octanol–water partition coefficient (Wildman–Crippen LogP) is 2.08. The molecule has 106 valence electrons. The van der Waals surface area contributed by atoms with Crippen LogP contribution in [0, 0.1) is 11.6 Å². The molecule has 1 atom stereocenters. The number of rotatable bonds is 4. The summed E-state index contributed by atoms with van der Waals surface area (Å²) in [5, 5.41) is 0. The van der Waals surface area contributed by atoms with Crippen molar-refractivity contribution in [3.63, 3.8) is 0 Å². The van der Waals surface area contributed by atoms with Crippen LogP contribution in [0.1, 0.15) is 24.4 Å². The molecule has 3 nitrogen and oxygen atoms in total. The Balaban J connectivity index is 2.14. The Morgan fingerprint density at radius 1 is 1.37 bits per heavy atom. The summed E-state index contributed by atoms with van der Waals surface area (Å²) < 4.78 is 32.4. The van der Waals surface area contributed by atoms with Gasteiger partial charge in [0.1, 0.15) is 11.6 Å². The lowest BCUT2D eigenvalue weighted by molar-refractivity contribution is 0.0275. The fourth-order valence-corrected chi connectivity index (χ4v) is 2.67. The number of methoxy groups -OCH3 is 1. The highest BCUT2D eigenvalue weighted by atomic mass is 19.1. The van der Waals surface area contributed by atoms with E-state index in [1.54, 1.807) is 7.11 Å². The lowest BCUT2D eigenvalue weighted by Gasteiger charge is -2.37. The summed E-state index contributed by atoms with van der Waals surface area (Å²) in [6.45, 7) is 1.85. The van der Waals surface area contributed by atoms with Crippen molar-refractivity contribution in [1.82, 2.24) is 4.90 Å². The van der Waals surface area contributed by atoms with E-state index in [1.807, 2.05) is 0 Å². The van der Waals surface area contributed by atoms with Gasteiger partial charge in [-0.1, -0.05) is 0 Å². The molecule has 1 heterocycles. The van der Waals surface area contributed by atoms with Gasteiger partial charge in [0, 0.05) is 32.3 Å². The number of benzene rings is 1. The van der Waals surface area contributed by atoms with Crippen LogP contribution in [-0.4, -0.2) is 37.7 Å². The Hall–Kier alpha value is -1.04. The molecule has 0 amide bonds. The van der Waals surface area contributed by atoms with E-state index in [0.717, 1.165) is 38.1 Å². The zero-order valence-electron chi connectivity index (χ0n) is 11.1. The lowest BCUT2D eigenvalue weighted by atomic mass is 10.00. The lowest BCUT2D eigenvalue weighted by Crippen LogP contribution is -2.42. The van der Waals surface area contributed by atoms with E-state index in [9.17, 15) is 8.78 Å². The van der Waals surface area contributed by atoms with Crippen molar-refractivity contribution in [3.05, 3.63) is 35.4 Å². The number of nitrogens with zero attached hydrogens (tertiary/aromatic N) is 1. The Kier molecular flexibility index (Phi) is 4.85. The van der Waals surface area contributed by atoms with Gasteiger partial charge >= 0.3 is 0 Å². The molecule has 0 aliphatic carbocycles. The van der Waals surface area contributed by atoms with Gasteiger partial charge in [-0.15, -0.1) is 0 Å². The van der Waals surface area contributed by atoms with Crippen LogP contribution in [0.5, 0.6) is 0 Å². The summed E-state index contributed by atoms with van der Waals surface area (Å²) in [4.78, 5) is 2.10. The third-order valence-electron chi connectivity index (χ3n) is 3.79. The van der Waals surface area contributed by atoms with Gasteiger partial charge in [-0.2, -0.15) is 0 Å². The minimum atomic E-state index is -0.429. The summed E-state index contributed by atoms with van der Waals surface area (Å²) in [6.07, 6.45) is 2.04. The Bertz CT molecular complexity index is 420. The fraction of sp³-hybridized carbons (Fsp3) is 0.571. The number of halogens is 2. The normalized spacial score (nSPS) is 19.6. The summed E-state index contributed by atoms with van der Waals surface area (Å²) in [5.41, 5.74) is 6.11. The Labute approximate surface area is 112 Å². The van der Waals surface area contributed by atoms with Gasteiger partial charge in [-0.25, -0.2) is 8.78 Å². The van der Waals surface area contributed by atoms with Crippen LogP contribution < -0.4 is 5.73 Å². The van der Waals surface area contributed by atoms with E-state index >= 15 is 0 Å². The number of hydrogen-bond acceptors (Lipinski definition) is 3. The van der Waals surface area contributed by atoms with Gasteiger partial charge in [0.2, 0.25) is 0 Å². The number of piperidine rings is 1. The Morgan fingerprint density at radius 2 is 2.05 bits per heavy atom. The first-order valence-corrected chi connectivity index (χ1v) is 6.57. The van der Waals surface area contributed by atoms with E-state index < -0.39 is 11.6 Å². The van der Waals surface area contributed by atoms with Crippen LogP contribution in [0.2, 0.25) is 0 Å². The molecular weight excluding hydrogens is 250 g/mol. The molecule has 1 unspecified atom stereocenters. The van der Waals surface area contributed by atoms with Gasteiger partial charge < -0.3 is 10.5 Å². The highest BCUT2D eigenvalue weighted by Crippen LogP contribution is 2.27. The van der Waals surface area contributed by atoms with E-state index in [0.29, 0.717) is 5.56 Å². The SMILES string of the molecule is COC1CCN(C(CN)c2cc(F)ccc2F)CC1. The first-order chi connectivity index (χ1) is 9.15. The topological polar surface area (TPSA) is 38.5 Å². The van der Waals surface area contributed by atoms with Crippen molar-refractivity contribution >= 4 is 0 Å². The molecule has 19 heavy (non-hydrogen) atoms. The molecule has 5 heteroatoms. The van der Waals surface area contributed by atoms with E-state index in [1.165, 1.54) is 6.07 Å². The molecule has 0 radical (unpaired) electrons. The monoisotopic (exact) mass is 270 g/mol. The Morgan fingerprint density at radius 3 is 2.63 bits per heavy atom. The third-order valence-corrected chi connectivity index (χ3v) is 3.79. The van der Waals surface area contributed by atoms with Gasteiger partial charge in [0.15, 0.2) is 0 Å². The molecule has 2 rings (SSSR count). The van der Waals surface area contributed by atoms with Crippen molar-refractivity contribution in [1.29, 1.82) is 0 Å². The quantitative estimate of drug-likeness (QED) is 0.910. The maximum Gasteiger partial charge on any atom is 0.128 e. The highest BCUT2D eigenvalue weighted by molar-refractivity contribution is 5.23. The molecular formula is C14H20F2N2O. The summed E-state index contributed by atoms with van der Waals surface area (Å²) in [7, 11) is 1.70. The van der Waals surface area contributed by atoms with Gasteiger partial charge in [-0.3, -0.25) is 4.90 Å². The third kappa shape index (κ3) is 3.29. The van der Waals surface area contributed by atoms with Crippen LogP contribution in [0.4, 0.5) is 8.78 Å². The summed E-state index contributed by atoms with van der Waals surface area (Å²) >= 11 is 0. The minimum Gasteiger partial charge on any atom is -0.381 e. The van der Waals surface area contributed by atoms with Gasteiger partial charge in [-0.05, 0) is 31.0 Å². The maximum absolute atomic E-state index is 13.8. The number of hydrogen-bond donors (Lipinski definition) is 1. The maximum atomic E-state index is 13.8. The molecule has 0 bridgehead atoms. The van der Waals surface area contributed by atoms with Gasteiger partial charge in [0.25, 0.3) is 0 Å². The summed E-state index contributed by atoms with van der Waals surface area (Å²) in [5.74, 6) is -0.827. The minimum absolute atomic E-state index is 0.257. The second-order valence-electron chi connectivity index (χ2n) is 4.89. The van der Waals surface area contributed by atoms with Crippen LogP contribution in [-0.2, 0) is 4.74 Å². The number of nitrogens with two attached hydrogens (primary N) is 1. The molecule has 0 spiro atoms. The second-order valence-corrected chi connectivity index (χ2v) is 4.89. The summed E-state index contributed by atoms with van der Waals surface area (Å²) in [6, 6.07) is 3.27. The average Bonchev–Trinajstić information content (AvgIpc) is 2.44. The zero-order valence-corrected chi connectivity index (χ0v) is 11.1. The molecule has 1 aromatic rings. The fourth-order valence-electron chi connectivity index (χ4n) is 2.67. The zero-order chi connectivity index (χ0) is 13.8. The molecule has 1 aliphatic rings. The largest absolute Gasteiger partial charge is 0.381 e. The molecule has 1 aliphatic heterocycles. The molecule has 0 saturated carbocycles. The van der Waals surface area contributed by atoms with Crippen molar-refractivity contribution in [2.45, 2.75) is 25.0 Å². The molecule has 2 N–H and O–H groups in total. The number of likely N-dealkylation sites (tertiary alicyclic amines) is 1. The van der Waals surface area contributed by atoms with Crippen LogP contribution in [0.15, 0.2) is 18.2 Å². The average molecular weight is 270 g/mol. The van der Waals surface area contributed by atoms with Gasteiger partial charge in [0.05, 0.1) is 12.1 Å². The predicted molar refractivity (Wildman–Crippen MR) is 69.8 cm³/mol. The number of ether oxygens (including phenoxy) is 1. The molecule has 1 aromatic carbocycles. The van der Waals surface area contributed by atoms with Crippen LogP contribution >= 0.6 is 0 Å². The first kappa shape index (κ1) is 14.4. The molecule has 0 aromatic heterocycles. The smallest absolute Gasteiger partial charge is 0.128 e. The molecule has 1 saturated heterocycles. The van der Waals surface area contributed by atoms with Crippen molar-refractivity contribution < 1.29 is 13.5 Å². The standard InChI is InChI=1S/C14H20F2N2O/c1-19-11-4-6-18(7-5-11)14(9-17)12-8-10(15)2-3-13(12)16/h2-3,8,11,14H,4-7,9,17H2,1H3. The van der Waals surface area contributed by atoms with Crippen molar-refractivity contribution in [3.8, 4) is 0 Å². The molecule has 1 fully saturated rings. The van der Waals surface area contributed by atoms with Crippen LogP contribution in [0.25, 0.3) is 0 Å². The van der Waals surface area contributed by atoms with E-state index in [4.69, 9.17) is 10.5 Å². The van der Waals surface area contributed by atoms with E-state index in [2.05, 4.69) is 4.90 Å². The van der Waals surface area contributed by atoms with Crippen LogP contribution in [0.3, 0.4) is 0 Å². The van der Waals surface area contributed by atoms with Crippen molar-refractivity contribution in [2.75, 3.05) is 26.7 Å². The van der Waals surface area contributed by atoms with E-state index in [-0.39, 0.29) is 18.7 Å². The highest BCUT2D eigenvalue weighted by Gasteiger charge is 2.27. The first-order valence-electron chi connectivity index (χ1n) is 6.57. The van der Waals surface area contributed by atoms with Crippen molar-refractivity contribution in [2.24, 2.45) is 5.73 Å². The second kappa shape index (κ2) is 6.41.